The number of anilines is 2. The van der Waals surface area contributed by atoms with Crippen molar-refractivity contribution in [2.24, 2.45) is 0 Å². The third-order valence-corrected chi connectivity index (χ3v) is 5.24. The van der Waals surface area contributed by atoms with Crippen LogP contribution in [0.25, 0.3) is 0 Å². The van der Waals surface area contributed by atoms with Crippen molar-refractivity contribution in [2.45, 2.75) is 64.8 Å². The Morgan fingerprint density at radius 1 is 1.19 bits per heavy atom. The van der Waals surface area contributed by atoms with Crippen molar-refractivity contribution in [3.8, 4) is 0 Å². The standard InChI is InChI=1S/C22H30N4O/c1-5-17-10-8-9-13-26(17)20(27)16-14-23-21(24-15-16)25-19-12-7-6-11-18(19)22(2,3)4/h6-7,11-12,14-15,17H,5,8-10,13H2,1-4H3,(H,23,24,25). The monoisotopic (exact) mass is 366 g/mol. The molecule has 1 saturated heterocycles. The van der Waals surface area contributed by atoms with Crippen molar-refractivity contribution >= 4 is 17.5 Å². The van der Waals surface area contributed by atoms with Crippen LogP contribution >= 0.6 is 0 Å². The van der Waals surface area contributed by atoms with Gasteiger partial charge in [-0.2, -0.15) is 0 Å². The molecule has 5 heteroatoms. The average Bonchev–Trinajstić information content (AvgIpc) is 2.67. The molecule has 1 aliphatic heterocycles. The van der Waals surface area contributed by atoms with E-state index >= 15 is 0 Å². The van der Waals surface area contributed by atoms with Crippen molar-refractivity contribution in [2.75, 3.05) is 11.9 Å². The van der Waals surface area contributed by atoms with Gasteiger partial charge in [-0.1, -0.05) is 45.9 Å². The Bertz CT molecular complexity index is 780. The van der Waals surface area contributed by atoms with E-state index in [1.807, 2.05) is 23.1 Å². The van der Waals surface area contributed by atoms with Crippen molar-refractivity contribution < 1.29 is 4.79 Å². The zero-order chi connectivity index (χ0) is 19.4. The first-order chi connectivity index (χ1) is 12.9. The highest BCUT2D eigenvalue weighted by Crippen LogP contribution is 2.30. The van der Waals surface area contributed by atoms with Crippen LogP contribution in [0, 0.1) is 0 Å². The summed E-state index contributed by atoms with van der Waals surface area (Å²) in [5.41, 5.74) is 2.77. The molecule has 1 aromatic heterocycles. The maximum atomic E-state index is 12.8. The number of rotatable bonds is 4. The van der Waals surface area contributed by atoms with Gasteiger partial charge in [0.15, 0.2) is 0 Å². The maximum Gasteiger partial charge on any atom is 0.257 e. The largest absolute Gasteiger partial charge is 0.336 e. The number of aromatic nitrogens is 2. The van der Waals surface area contributed by atoms with Gasteiger partial charge in [0.05, 0.1) is 5.56 Å². The summed E-state index contributed by atoms with van der Waals surface area (Å²) in [6.07, 6.45) is 7.64. The number of nitrogens with one attached hydrogen (secondary N) is 1. The molecule has 0 aliphatic carbocycles. The van der Waals surface area contributed by atoms with Gasteiger partial charge in [0.25, 0.3) is 5.91 Å². The number of para-hydroxylation sites is 1. The van der Waals surface area contributed by atoms with Crippen LogP contribution in [-0.2, 0) is 5.41 Å². The number of piperidine rings is 1. The van der Waals surface area contributed by atoms with E-state index < -0.39 is 0 Å². The first-order valence-corrected chi connectivity index (χ1v) is 9.89. The summed E-state index contributed by atoms with van der Waals surface area (Å²) in [6.45, 7) is 9.51. The van der Waals surface area contributed by atoms with E-state index in [0.29, 0.717) is 17.6 Å². The quantitative estimate of drug-likeness (QED) is 0.834. The molecular formula is C22H30N4O. The molecule has 0 radical (unpaired) electrons. The van der Waals surface area contributed by atoms with Gasteiger partial charge in [0.2, 0.25) is 5.95 Å². The highest BCUT2D eigenvalue weighted by atomic mass is 16.2. The molecule has 1 atom stereocenters. The molecule has 3 rings (SSSR count). The van der Waals surface area contributed by atoms with Crippen LogP contribution in [0.2, 0.25) is 0 Å². The fourth-order valence-electron chi connectivity index (χ4n) is 3.73. The summed E-state index contributed by atoms with van der Waals surface area (Å²) >= 11 is 0. The SMILES string of the molecule is CCC1CCCCN1C(=O)c1cnc(Nc2ccccc2C(C)(C)C)nc1. The highest BCUT2D eigenvalue weighted by Gasteiger charge is 2.26. The molecule has 0 spiro atoms. The number of carbonyl (C=O) groups excluding carboxylic acids is 1. The molecular weight excluding hydrogens is 336 g/mol. The minimum atomic E-state index is 0.0168. The third kappa shape index (κ3) is 4.46. The second-order valence-electron chi connectivity index (χ2n) is 8.27. The van der Waals surface area contributed by atoms with E-state index in [1.165, 1.54) is 12.0 Å². The summed E-state index contributed by atoms with van der Waals surface area (Å²) < 4.78 is 0. The van der Waals surface area contributed by atoms with Crippen LogP contribution in [0.5, 0.6) is 0 Å². The first-order valence-electron chi connectivity index (χ1n) is 9.89. The van der Waals surface area contributed by atoms with E-state index in [2.05, 4.69) is 49.0 Å². The Balaban J connectivity index is 1.76. The Labute approximate surface area is 162 Å². The minimum absolute atomic E-state index is 0.0168. The molecule has 27 heavy (non-hydrogen) atoms. The van der Waals surface area contributed by atoms with Crippen molar-refractivity contribution in [1.29, 1.82) is 0 Å². The molecule has 2 heterocycles. The average molecular weight is 367 g/mol. The molecule has 1 fully saturated rings. The second kappa shape index (κ2) is 8.07. The van der Waals surface area contributed by atoms with Gasteiger partial charge in [-0.15, -0.1) is 0 Å². The first kappa shape index (κ1) is 19.3. The molecule has 5 nitrogen and oxygen atoms in total. The van der Waals surface area contributed by atoms with E-state index in [1.54, 1.807) is 12.4 Å². The van der Waals surface area contributed by atoms with E-state index in [-0.39, 0.29) is 11.3 Å². The van der Waals surface area contributed by atoms with Gasteiger partial charge in [0.1, 0.15) is 0 Å². The van der Waals surface area contributed by atoms with Crippen LogP contribution in [-0.4, -0.2) is 33.4 Å². The van der Waals surface area contributed by atoms with Crippen molar-refractivity contribution in [3.63, 3.8) is 0 Å². The lowest BCUT2D eigenvalue weighted by Crippen LogP contribution is -2.43. The summed E-state index contributed by atoms with van der Waals surface area (Å²) in [4.78, 5) is 23.6. The van der Waals surface area contributed by atoms with Gasteiger partial charge in [-0.25, -0.2) is 9.97 Å². The smallest absolute Gasteiger partial charge is 0.257 e. The zero-order valence-corrected chi connectivity index (χ0v) is 16.8. The van der Waals surface area contributed by atoms with Crippen LogP contribution in [0.4, 0.5) is 11.6 Å². The third-order valence-electron chi connectivity index (χ3n) is 5.24. The number of nitrogens with zero attached hydrogens (tertiary/aromatic N) is 3. The Kier molecular flexibility index (Phi) is 5.78. The highest BCUT2D eigenvalue weighted by molar-refractivity contribution is 5.94. The zero-order valence-electron chi connectivity index (χ0n) is 16.8. The maximum absolute atomic E-state index is 12.8. The number of carbonyl (C=O) groups is 1. The molecule has 1 aromatic carbocycles. The number of benzene rings is 1. The predicted octanol–water partition coefficient (Wildman–Crippen LogP) is 4.92. The summed E-state index contributed by atoms with van der Waals surface area (Å²) in [6, 6.07) is 8.51. The predicted molar refractivity (Wildman–Crippen MR) is 109 cm³/mol. The number of likely N-dealkylation sites (tertiary alicyclic amines) is 1. The normalized spacial score (nSPS) is 17.6. The molecule has 1 amide bonds. The second-order valence-corrected chi connectivity index (χ2v) is 8.27. The van der Waals surface area contributed by atoms with Crippen molar-refractivity contribution in [3.05, 3.63) is 47.8 Å². The van der Waals surface area contributed by atoms with Crippen LogP contribution in [0.1, 0.15) is 69.3 Å². The number of amides is 1. The molecule has 0 saturated carbocycles. The van der Waals surface area contributed by atoms with Crippen molar-refractivity contribution in [1.82, 2.24) is 14.9 Å². The van der Waals surface area contributed by atoms with Gasteiger partial charge in [0, 0.05) is 30.7 Å². The fourth-order valence-corrected chi connectivity index (χ4v) is 3.73. The fraction of sp³-hybridized carbons (Fsp3) is 0.500. The lowest BCUT2D eigenvalue weighted by Gasteiger charge is -2.35. The summed E-state index contributed by atoms with van der Waals surface area (Å²) in [5, 5.41) is 3.30. The molecule has 1 aliphatic rings. The van der Waals surface area contributed by atoms with Gasteiger partial charge >= 0.3 is 0 Å². The topological polar surface area (TPSA) is 58.1 Å². The molecule has 1 N–H and O–H groups in total. The Morgan fingerprint density at radius 2 is 1.89 bits per heavy atom. The van der Waals surface area contributed by atoms with Crippen LogP contribution < -0.4 is 5.32 Å². The molecule has 1 unspecified atom stereocenters. The summed E-state index contributed by atoms with van der Waals surface area (Å²) in [7, 11) is 0. The van der Waals surface area contributed by atoms with E-state index in [0.717, 1.165) is 31.5 Å². The van der Waals surface area contributed by atoms with E-state index in [9.17, 15) is 4.79 Å². The summed E-state index contributed by atoms with van der Waals surface area (Å²) in [5.74, 6) is 0.553. The Hall–Kier alpha value is -2.43. The molecule has 2 aromatic rings. The Morgan fingerprint density at radius 3 is 2.56 bits per heavy atom. The number of hydrogen-bond acceptors (Lipinski definition) is 4. The minimum Gasteiger partial charge on any atom is -0.336 e. The van der Waals surface area contributed by atoms with Gasteiger partial charge in [-0.3, -0.25) is 4.79 Å². The lowest BCUT2D eigenvalue weighted by molar-refractivity contribution is 0.0607. The van der Waals surface area contributed by atoms with Crippen LogP contribution in [0.15, 0.2) is 36.7 Å². The van der Waals surface area contributed by atoms with Gasteiger partial charge in [-0.05, 0) is 42.7 Å². The number of hydrogen-bond donors (Lipinski definition) is 1. The molecule has 0 bridgehead atoms. The lowest BCUT2D eigenvalue weighted by atomic mass is 9.86. The van der Waals surface area contributed by atoms with Crippen LogP contribution in [0.3, 0.4) is 0 Å². The molecule has 144 valence electrons. The van der Waals surface area contributed by atoms with E-state index in [4.69, 9.17) is 0 Å². The van der Waals surface area contributed by atoms with Gasteiger partial charge < -0.3 is 10.2 Å².